The van der Waals surface area contributed by atoms with Gasteiger partial charge in [-0.3, -0.25) is 0 Å². The number of benzene rings is 1. The number of methoxy groups -OCH3 is 2. The van der Waals surface area contributed by atoms with Gasteiger partial charge in [-0.2, -0.15) is 0 Å². The molecular formula is C17H23NO3. The van der Waals surface area contributed by atoms with Crippen LogP contribution in [0.3, 0.4) is 0 Å². The molecule has 1 N–H and O–H groups in total. The summed E-state index contributed by atoms with van der Waals surface area (Å²) in [4.78, 5) is 0. The first-order valence-electron chi connectivity index (χ1n) is 7.26. The molecule has 21 heavy (non-hydrogen) atoms. The molecule has 0 saturated heterocycles. The van der Waals surface area contributed by atoms with E-state index in [9.17, 15) is 0 Å². The zero-order valence-corrected chi connectivity index (χ0v) is 12.9. The van der Waals surface area contributed by atoms with E-state index in [1.807, 2.05) is 24.3 Å². The quantitative estimate of drug-likeness (QED) is 0.806. The summed E-state index contributed by atoms with van der Waals surface area (Å²) in [6, 6.07) is 9.99. The van der Waals surface area contributed by atoms with Gasteiger partial charge in [0.15, 0.2) is 11.5 Å². The van der Waals surface area contributed by atoms with Crippen molar-refractivity contribution in [1.82, 2.24) is 5.32 Å². The van der Waals surface area contributed by atoms with Gasteiger partial charge < -0.3 is 19.2 Å². The van der Waals surface area contributed by atoms with E-state index in [-0.39, 0.29) is 6.04 Å². The molecule has 0 aliphatic rings. The van der Waals surface area contributed by atoms with Gasteiger partial charge in [0.2, 0.25) is 0 Å². The van der Waals surface area contributed by atoms with E-state index in [4.69, 9.17) is 13.9 Å². The highest BCUT2D eigenvalue weighted by Gasteiger charge is 2.20. The summed E-state index contributed by atoms with van der Waals surface area (Å²) in [5, 5.41) is 3.55. The standard InChI is InChI=1S/C17H23NO3/c1-4-10-18-15(12-13-7-6-11-21-13)14-8-5-9-16(19-2)17(14)20-3/h5-9,11,15,18H,4,10,12H2,1-3H3. The third kappa shape index (κ3) is 3.79. The highest BCUT2D eigenvalue weighted by molar-refractivity contribution is 5.48. The monoisotopic (exact) mass is 289 g/mol. The van der Waals surface area contributed by atoms with Crippen molar-refractivity contribution in [3.8, 4) is 11.5 Å². The van der Waals surface area contributed by atoms with Crippen LogP contribution in [0.15, 0.2) is 41.0 Å². The Morgan fingerprint density at radius 3 is 2.62 bits per heavy atom. The van der Waals surface area contributed by atoms with Crippen LogP contribution in [0.2, 0.25) is 0 Å². The van der Waals surface area contributed by atoms with Crippen LogP contribution in [0.25, 0.3) is 0 Å². The molecule has 0 radical (unpaired) electrons. The van der Waals surface area contributed by atoms with E-state index >= 15 is 0 Å². The molecule has 4 heteroatoms. The highest BCUT2D eigenvalue weighted by Crippen LogP contribution is 2.35. The lowest BCUT2D eigenvalue weighted by atomic mass is 10.0. The van der Waals surface area contributed by atoms with Crippen molar-refractivity contribution in [1.29, 1.82) is 0 Å². The Morgan fingerprint density at radius 1 is 1.14 bits per heavy atom. The van der Waals surface area contributed by atoms with Gasteiger partial charge in [0.05, 0.1) is 20.5 Å². The lowest BCUT2D eigenvalue weighted by Gasteiger charge is -2.21. The fraction of sp³-hybridized carbons (Fsp3) is 0.412. The van der Waals surface area contributed by atoms with E-state index in [0.29, 0.717) is 0 Å². The van der Waals surface area contributed by atoms with E-state index in [1.165, 1.54) is 0 Å². The molecule has 1 aromatic heterocycles. The SMILES string of the molecule is CCCNC(Cc1ccco1)c1cccc(OC)c1OC. The lowest BCUT2D eigenvalue weighted by Crippen LogP contribution is -2.24. The molecular weight excluding hydrogens is 266 g/mol. The summed E-state index contributed by atoms with van der Waals surface area (Å²) in [5.41, 5.74) is 1.08. The van der Waals surface area contributed by atoms with Gasteiger partial charge in [-0.15, -0.1) is 0 Å². The first-order valence-corrected chi connectivity index (χ1v) is 7.26. The summed E-state index contributed by atoms with van der Waals surface area (Å²) in [5.74, 6) is 2.48. The van der Waals surface area contributed by atoms with Crippen molar-refractivity contribution in [2.45, 2.75) is 25.8 Å². The second-order valence-corrected chi connectivity index (χ2v) is 4.87. The maximum absolute atomic E-state index is 5.55. The molecule has 0 bridgehead atoms. The van der Waals surface area contributed by atoms with Gasteiger partial charge in [-0.1, -0.05) is 19.1 Å². The summed E-state index contributed by atoms with van der Waals surface area (Å²) in [6.45, 7) is 3.09. The smallest absolute Gasteiger partial charge is 0.165 e. The minimum atomic E-state index is 0.126. The average molecular weight is 289 g/mol. The van der Waals surface area contributed by atoms with Gasteiger partial charge >= 0.3 is 0 Å². The van der Waals surface area contributed by atoms with Crippen LogP contribution in [-0.4, -0.2) is 20.8 Å². The molecule has 0 saturated carbocycles. The predicted molar refractivity (Wildman–Crippen MR) is 83.0 cm³/mol. The Morgan fingerprint density at radius 2 is 2.00 bits per heavy atom. The summed E-state index contributed by atoms with van der Waals surface area (Å²) >= 11 is 0. The van der Waals surface area contributed by atoms with Gasteiger partial charge in [0.25, 0.3) is 0 Å². The molecule has 0 fully saturated rings. The number of hydrogen-bond donors (Lipinski definition) is 1. The number of furan rings is 1. The first kappa shape index (κ1) is 15.4. The number of rotatable bonds is 8. The number of hydrogen-bond acceptors (Lipinski definition) is 4. The Balaban J connectivity index is 2.31. The molecule has 0 aliphatic carbocycles. The molecule has 2 rings (SSSR count). The van der Waals surface area contributed by atoms with Crippen molar-refractivity contribution in [3.63, 3.8) is 0 Å². The van der Waals surface area contributed by atoms with Crippen molar-refractivity contribution in [2.75, 3.05) is 20.8 Å². The van der Waals surface area contributed by atoms with Crippen molar-refractivity contribution >= 4 is 0 Å². The minimum absolute atomic E-state index is 0.126. The van der Waals surface area contributed by atoms with Crippen molar-refractivity contribution in [3.05, 3.63) is 47.9 Å². The largest absolute Gasteiger partial charge is 0.493 e. The number of ether oxygens (including phenoxy) is 2. The van der Waals surface area contributed by atoms with Crippen LogP contribution >= 0.6 is 0 Å². The van der Waals surface area contributed by atoms with Gasteiger partial charge in [-0.25, -0.2) is 0 Å². The zero-order valence-electron chi connectivity index (χ0n) is 12.9. The second-order valence-electron chi connectivity index (χ2n) is 4.87. The van der Waals surface area contributed by atoms with E-state index < -0.39 is 0 Å². The maximum atomic E-state index is 5.55. The Kier molecular flexibility index (Phi) is 5.69. The minimum Gasteiger partial charge on any atom is -0.493 e. The Labute approximate surface area is 126 Å². The van der Waals surface area contributed by atoms with E-state index in [2.05, 4.69) is 18.3 Å². The maximum Gasteiger partial charge on any atom is 0.165 e. The molecule has 1 heterocycles. The van der Waals surface area contributed by atoms with Crippen LogP contribution in [0.1, 0.15) is 30.7 Å². The molecule has 2 aromatic rings. The molecule has 1 aromatic carbocycles. The number of para-hydroxylation sites is 1. The summed E-state index contributed by atoms with van der Waals surface area (Å²) < 4.78 is 16.4. The summed E-state index contributed by atoms with van der Waals surface area (Å²) in [7, 11) is 3.33. The van der Waals surface area contributed by atoms with Crippen LogP contribution in [-0.2, 0) is 6.42 Å². The fourth-order valence-electron chi connectivity index (χ4n) is 2.43. The highest BCUT2D eigenvalue weighted by atomic mass is 16.5. The zero-order chi connectivity index (χ0) is 15.1. The van der Waals surface area contributed by atoms with E-state index in [0.717, 1.165) is 42.2 Å². The first-order chi connectivity index (χ1) is 10.3. The topological polar surface area (TPSA) is 43.6 Å². The van der Waals surface area contributed by atoms with Crippen molar-refractivity contribution in [2.24, 2.45) is 0 Å². The molecule has 114 valence electrons. The third-order valence-electron chi connectivity index (χ3n) is 3.43. The average Bonchev–Trinajstić information content (AvgIpc) is 3.03. The van der Waals surface area contributed by atoms with Gasteiger partial charge in [0, 0.05) is 18.0 Å². The molecule has 4 nitrogen and oxygen atoms in total. The molecule has 1 unspecified atom stereocenters. The molecule has 0 amide bonds. The normalized spacial score (nSPS) is 12.1. The number of nitrogens with one attached hydrogen (secondary N) is 1. The van der Waals surface area contributed by atoms with Crippen LogP contribution in [0, 0.1) is 0 Å². The Hall–Kier alpha value is -1.94. The Bertz CT molecular complexity index is 537. The van der Waals surface area contributed by atoms with E-state index in [1.54, 1.807) is 20.5 Å². The molecule has 0 spiro atoms. The fourth-order valence-corrected chi connectivity index (χ4v) is 2.43. The van der Waals surface area contributed by atoms with Gasteiger partial charge in [0.1, 0.15) is 5.76 Å². The van der Waals surface area contributed by atoms with Crippen molar-refractivity contribution < 1.29 is 13.9 Å². The van der Waals surface area contributed by atoms with Gasteiger partial charge in [-0.05, 0) is 31.2 Å². The third-order valence-corrected chi connectivity index (χ3v) is 3.43. The molecule has 1 atom stereocenters. The lowest BCUT2D eigenvalue weighted by molar-refractivity contribution is 0.344. The second kappa shape index (κ2) is 7.74. The molecule has 0 aliphatic heterocycles. The summed E-state index contributed by atoms with van der Waals surface area (Å²) in [6.07, 6.45) is 3.55. The van der Waals surface area contributed by atoms with Crippen LogP contribution in [0.5, 0.6) is 11.5 Å². The van der Waals surface area contributed by atoms with Crippen LogP contribution in [0.4, 0.5) is 0 Å². The predicted octanol–water partition coefficient (Wildman–Crippen LogP) is 3.58. The van der Waals surface area contributed by atoms with Crippen LogP contribution < -0.4 is 14.8 Å².